The first kappa shape index (κ1) is 15.1. The Morgan fingerprint density at radius 1 is 1.48 bits per heavy atom. The molecule has 2 atom stereocenters. The number of likely N-dealkylation sites (tertiary alicyclic amines) is 1. The average Bonchev–Trinajstić information content (AvgIpc) is 3.24. The van der Waals surface area contributed by atoms with Crippen LogP contribution in [0.25, 0.3) is 10.6 Å². The molecule has 0 saturated carbocycles. The Kier molecular flexibility index (Phi) is 3.88. The van der Waals surface area contributed by atoms with E-state index in [2.05, 4.69) is 22.1 Å². The zero-order chi connectivity index (χ0) is 16.0. The van der Waals surface area contributed by atoms with Gasteiger partial charge >= 0.3 is 0 Å². The number of rotatable bonds is 2. The molecular weight excluding hydrogens is 336 g/mol. The van der Waals surface area contributed by atoms with Crippen LogP contribution in [0.3, 0.4) is 0 Å². The number of likely N-dealkylation sites (N-methyl/N-ethyl adjacent to an activating group) is 1. The fraction of sp³-hybridized carbons (Fsp3) is 0.467. The molecule has 4 rings (SSSR count). The normalized spacial score (nSPS) is 24.9. The van der Waals surface area contributed by atoms with Crippen LogP contribution in [0.1, 0.15) is 10.4 Å². The van der Waals surface area contributed by atoms with Crippen LogP contribution >= 0.6 is 22.9 Å². The molecule has 0 bridgehead atoms. The summed E-state index contributed by atoms with van der Waals surface area (Å²) in [5, 5.41) is 6.98. The van der Waals surface area contributed by atoms with E-state index in [-0.39, 0.29) is 18.1 Å². The van der Waals surface area contributed by atoms with Gasteiger partial charge in [0.25, 0.3) is 5.91 Å². The molecule has 2 saturated heterocycles. The van der Waals surface area contributed by atoms with Gasteiger partial charge in [-0.3, -0.25) is 14.8 Å². The molecule has 2 aliphatic rings. The molecule has 0 aromatic carbocycles. The van der Waals surface area contributed by atoms with Crippen molar-refractivity contribution in [2.45, 2.75) is 12.1 Å². The van der Waals surface area contributed by atoms with Gasteiger partial charge < -0.3 is 9.64 Å². The quantitative estimate of drug-likeness (QED) is 0.897. The maximum absolute atomic E-state index is 12.9. The van der Waals surface area contributed by atoms with Crippen molar-refractivity contribution < 1.29 is 9.53 Å². The van der Waals surface area contributed by atoms with Crippen molar-refractivity contribution in [2.24, 2.45) is 0 Å². The summed E-state index contributed by atoms with van der Waals surface area (Å²) in [6.45, 7) is 2.96. The van der Waals surface area contributed by atoms with Crippen LogP contribution in [0.2, 0.25) is 4.34 Å². The number of hydrogen-bond donors (Lipinski definition) is 1. The van der Waals surface area contributed by atoms with Gasteiger partial charge in [-0.15, -0.1) is 11.3 Å². The monoisotopic (exact) mass is 352 g/mol. The molecule has 0 radical (unpaired) electrons. The van der Waals surface area contributed by atoms with Gasteiger partial charge in [0.15, 0.2) is 0 Å². The lowest BCUT2D eigenvalue weighted by Gasteiger charge is -2.33. The number of thiophene rings is 1. The summed E-state index contributed by atoms with van der Waals surface area (Å²) in [6.07, 6.45) is 1.70. The molecule has 0 spiro atoms. The van der Waals surface area contributed by atoms with Crippen molar-refractivity contribution in [3.63, 3.8) is 0 Å². The van der Waals surface area contributed by atoms with Crippen LogP contribution in [0.5, 0.6) is 0 Å². The van der Waals surface area contributed by atoms with Crippen molar-refractivity contribution in [1.29, 1.82) is 0 Å². The number of nitrogens with zero attached hydrogens (tertiary/aromatic N) is 3. The Balaban J connectivity index is 1.58. The van der Waals surface area contributed by atoms with Crippen LogP contribution in [-0.2, 0) is 4.74 Å². The average molecular weight is 353 g/mol. The Hall–Kier alpha value is -1.41. The maximum atomic E-state index is 12.9. The van der Waals surface area contributed by atoms with Crippen LogP contribution in [-0.4, -0.2) is 71.3 Å². The Morgan fingerprint density at radius 2 is 2.35 bits per heavy atom. The highest BCUT2D eigenvalue weighted by Crippen LogP contribution is 2.33. The Labute approximate surface area is 143 Å². The zero-order valence-electron chi connectivity index (χ0n) is 12.7. The van der Waals surface area contributed by atoms with Gasteiger partial charge in [0, 0.05) is 19.6 Å². The first-order valence-electron chi connectivity index (χ1n) is 7.53. The highest BCUT2D eigenvalue weighted by atomic mass is 35.5. The molecule has 2 unspecified atom stereocenters. The lowest BCUT2D eigenvalue weighted by Crippen LogP contribution is -2.48. The van der Waals surface area contributed by atoms with Gasteiger partial charge in [-0.05, 0) is 19.2 Å². The van der Waals surface area contributed by atoms with E-state index in [1.165, 1.54) is 11.3 Å². The number of nitrogens with one attached hydrogen (secondary N) is 1. The summed E-state index contributed by atoms with van der Waals surface area (Å²) in [5.74, 6) is -0.00956. The number of aromatic amines is 1. The highest BCUT2D eigenvalue weighted by Gasteiger charge is 2.41. The smallest absolute Gasteiger partial charge is 0.257 e. The zero-order valence-corrected chi connectivity index (χ0v) is 14.2. The highest BCUT2D eigenvalue weighted by molar-refractivity contribution is 7.19. The molecule has 1 N–H and O–H groups in total. The predicted molar refractivity (Wildman–Crippen MR) is 89.0 cm³/mol. The van der Waals surface area contributed by atoms with Gasteiger partial charge in [-0.1, -0.05) is 11.6 Å². The van der Waals surface area contributed by atoms with E-state index in [4.69, 9.17) is 16.3 Å². The third-order valence-corrected chi connectivity index (χ3v) is 5.80. The number of fused-ring (bicyclic) bond motifs is 1. The molecule has 6 nitrogen and oxygen atoms in total. The van der Waals surface area contributed by atoms with Crippen LogP contribution in [0, 0.1) is 0 Å². The third kappa shape index (κ3) is 2.67. The second kappa shape index (κ2) is 5.90. The summed E-state index contributed by atoms with van der Waals surface area (Å²) in [6, 6.07) is 4.00. The van der Waals surface area contributed by atoms with Gasteiger partial charge in [0.2, 0.25) is 0 Å². The topological polar surface area (TPSA) is 61.5 Å². The standard InChI is InChI=1S/C15H17ClN4O2S/c1-19-4-5-22-11-8-20(7-10(11)19)15(21)9-6-17-18-14(9)12-2-3-13(16)23-12/h2-3,6,10-11H,4-5,7-8H2,1H3,(H,17,18). The van der Waals surface area contributed by atoms with Crippen molar-refractivity contribution in [2.75, 3.05) is 33.3 Å². The summed E-state index contributed by atoms with van der Waals surface area (Å²) < 4.78 is 6.50. The molecular formula is C15H17ClN4O2S. The van der Waals surface area contributed by atoms with Crippen molar-refractivity contribution in [1.82, 2.24) is 20.0 Å². The van der Waals surface area contributed by atoms with E-state index in [0.29, 0.717) is 23.0 Å². The minimum Gasteiger partial charge on any atom is -0.373 e. The van der Waals surface area contributed by atoms with Gasteiger partial charge in [0.05, 0.1) is 45.4 Å². The first-order chi connectivity index (χ1) is 11.1. The van der Waals surface area contributed by atoms with E-state index in [0.717, 1.165) is 23.7 Å². The number of carbonyl (C=O) groups excluding carboxylic acids is 1. The molecule has 0 aliphatic carbocycles. The summed E-state index contributed by atoms with van der Waals surface area (Å²) in [5.41, 5.74) is 1.32. The summed E-state index contributed by atoms with van der Waals surface area (Å²) >= 11 is 7.43. The second-order valence-electron chi connectivity index (χ2n) is 5.93. The Bertz CT molecular complexity index is 731. The first-order valence-corrected chi connectivity index (χ1v) is 8.73. The van der Waals surface area contributed by atoms with E-state index < -0.39 is 0 Å². The van der Waals surface area contributed by atoms with E-state index in [9.17, 15) is 4.79 Å². The van der Waals surface area contributed by atoms with Crippen molar-refractivity contribution in [3.8, 4) is 10.6 Å². The number of carbonyl (C=O) groups is 1. The fourth-order valence-corrected chi connectivity index (χ4v) is 4.33. The van der Waals surface area contributed by atoms with Crippen LogP contribution in [0.4, 0.5) is 0 Å². The number of ether oxygens (including phenoxy) is 1. The minimum atomic E-state index is -0.00956. The summed E-state index contributed by atoms with van der Waals surface area (Å²) in [7, 11) is 2.09. The minimum absolute atomic E-state index is 0.00956. The molecule has 8 heteroatoms. The molecule has 2 aromatic heterocycles. The predicted octanol–water partition coefficient (Wildman–Crippen LogP) is 1.95. The number of morpholine rings is 1. The van der Waals surface area contributed by atoms with Crippen LogP contribution in [0.15, 0.2) is 18.3 Å². The lowest BCUT2D eigenvalue weighted by molar-refractivity contribution is -0.0368. The van der Waals surface area contributed by atoms with E-state index in [1.54, 1.807) is 6.20 Å². The SMILES string of the molecule is CN1CCOC2CN(C(=O)c3cn[nH]c3-c3ccc(Cl)s3)CC21. The molecule has 2 aliphatic heterocycles. The lowest BCUT2D eigenvalue weighted by atomic mass is 10.1. The molecule has 2 fully saturated rings. The molecule has 2 aromatic rings. The van der Waals surface area contributed by atoms with Gasteiger partial charge in [-0.25, -0.2) is 0 Å². The van der Waals surface area contributed by atoms with E-state index >= 15 is 0 Å². The van der Waals surface area contributed by atoms with Crippen molar-refractivity contribution >= 4 is 28.8 Å². The van der Waals surface area contributed by atoms with E-state index in [1.807, 2.05) is 17.0 Å². The number of aromatic nitrogens is 2. The Morgan fingerprint density at radius 3 is 3.09 bits per heavy atom. The second-order valence-corrected chi connectivity index (χ2v) is 7.64. The molecule has 23 heavy (non-hydrogen) atoms. The summed E-state index contributed by atoms with van der Waals surface area (Å²) in [4.78, 5) is 18.0. The number of halogens is 1. The third-order valence-electron chi connectivity index (χ3n) is 4.56. The fourth-order valence-electron chi connectivity index (χ4n) is 3.28. The van der Waals surface area contributed by atoms with Crippen molar-refractivity contribution in [3.05, 3.63) is 28.2 Å². The number of H-pyrrole nitrogens is 1. The maximum Gasteiger partial charge on any atom is 0.257 e. The largest absolute Gasteiger partial charge is 0.373 e. The van der Waals surface area contributed by atoms with Crippen LogP contribution < -0.4 is 0 Å². The number of amides is 1. The van der Waals surface area contributed by atoms with Gasteiger partial charge in [0.1, 0.15) is 0 Å². The van der Waals surface area contributed by atoms with Gasteiger partial charge in [-0.2, -0.15) is 5.10 Å². The molecule has 1 amide bonds. The number of hydrogen-bond acceptors (Lipinski definition) is 5. The molecule has 122 valence electrons. The molecule has 4 heterocycles.